The van der Waals surface area contributed by atoms with Crippen LogP contribution in [-0.2, 0) is 11.3 Å². The maximum absolute atomic E-state index is 15.0. The van der Waals surface area contributed by atoms with Crippen LogP contribution < -0.4 is 16.0 Å². The molecular formula is C36H33ClF4N6O4. The van der Waals surface area contributed by atoms with Gasteiger partial charge in [0.15, 0.2) is 11.6 Å². The van der Waals surface area contributed by atoms with Crippen LogP contribution in [-0.4, -0.2) is 71.4 Å². The molecule has 10 nitrogen and oxygen atoms in total. The van der Waals surface area contributed by atoms with E-state index in [9.17, 15) is 27.6 Å². The Labute approximate surface area is 296 Å². The lowest BCUT2D eigenvalue weighted by atomic mass is 10.0. The second-order valence-corrected chi connectivity index (χ2v) is 11.6. The topological polar surface area (TPSA) is 117 Å². The van der Waals surface area contributed by atoms with Gasteiger partial charge >= 0.3 is 0 Å². The number of nitrogens with zero attached hydrogens (tertiary/aromatic N) is 3. The SMILES string of the molecule is Cl.O=C(NCc1ccc(F)c(F)c1)c1ccc(F)c(NC(=O)c2cnc3cc(-c4ccc(C(=O)NCCCN5CCOCC5)c(F)c4)ccn23)c1. The Bertz CT molecular complexity index is 2070. The average molecular weight is 725 g/mol. The fourth-order valence-corrected chi connectivity index (χ4v) is 5.51. The van der Waals surface area contributed by atoms with Crippen LogP contribution in [0.2, 0.25) is 0 Å². The quantitative estimate of drug-likeness (QED) is 0.120. The first-order chi connectivity index (χ1) is 24.2. The minimum atomic E-state index is -1.05. The number of nitrogens with one attached hydrogen (secondary N) is 3. The lowest BCUT2D eigenvalue weighted by Gasteiger charge is -2.26. The largest absolute Gasteiger partial charge is 0.379 e. The molecule has 0 unspecified atom stereocenters. The van der Waals surface area contributed by atoms with Crippen LogP contribution in [0.3, 0.4) is 0 Å². The average Bonchev–Trinajstić information content (AvgIpc) is 3.55. The Morgan fingerprint density at radius 2 is 1.53 bits per heavy atom. The molecule has 0 saturated carbocycles. The zero-order valence-corrected chi connectivity index (χ0v) is 27.9. The van der Waals surface area contributed by atoms with Gasteiger partial charge in [0.25, 0.3) is 17.7 Å². The number of halogens is 5. The molecule has 3 heterocycles. The molecule has 1 aliphatic rings. The number of morpholine rings is 1. The summed E-state index contributed by atoms with van der Waals surface area (Å²) in [5.74, 6) is -5.38. The monoisotopic (exact) mass is 724 g/mol. The molecule has 0 aliphatic carbocycles. The van der Waals surface area contributed by atoms with Crippen molar-refractivity contribution >= 4 is 41.5 Å². The Morgan fingerprint density at radius 3 is 2.29 bits per heavy atom. The van der Waals surface area contributed by atoms with E-state index >= 15 is 4.39 Å². The van der Waals surface area contributed by atoms with E-state index in [-0.39, 0.29) is 41.5 Å². The van der Waals surface area contributed by atoms with Crippen molar-refractivity contribution in [2.24, 2.45) is 0 Å². The second kappa shape index (κ2) is 16.6. The van der Waals surface area contributed by atoms with E-state index in [1.54, 1.807) is 24.4 Å². The molecule has 266 valence electrons. The molecular weight excluding hydrogens is 692 g/mol. The van der Waals surface area contributed by atoms with Gasteiger partial charge in [-0.25, -0.2) is 22.5 Å². The summed E-state index contributed by atoms with van der Waals surface area (Å²) in [5.41, 5.74) is 1.49. The fraction of sp³-hybridized carbons (Fsp3) is 0.222. The standard InChI is InChI=1S/C36H32F4N6O4.ClH/c37-27-6-2-22(16-30(27)40)20-43-34(47)25-4-7-28(38)31(18-25)44-36(49)32-21-42-33-19-24(8-11-46(32)33)23-3-5-26(29(39)17-23)35(48)41-9-1-10-45-12-14-50-15-13-45;/h2-8,11,16-19,21H,1,9-10,12-15,20H2,(H,41,48)(H,43,47)(H,44,49);1H. The molecule has 1 aliphatic heterocycles. The highest BCUT2D eigenvalue weighted by Crippen LogP contribution is 2.25. The zero-order valence-electron chi connectivity index (χ0n) is 27.1. The molecule has 0 radical (unpaired) electrons. The third-order valence-corrected chi connectivity index (χ3v) is 8.25. The number of aromatic nitrogens is 2. The minimum Gasteiger partial charge on any atom is -0.379 e. The Morgan fingerprint density at radius 1 is 0.765 bits per heavy atom. The molecule has 0 atom stereocenters. The highest BCUT2D eigenvalue weighted by atomic mass is 35.5. The van der Waals surface area contributed by atoms with Crippen molar-refractivity contribution < 1.29 is 36.7 Å². The van der Waals surface area contributed by atoms with E-state index < -0.39 is 41.0 Å². The first-order valence-corrected chi connectivity index (χ1v) is 15.8. The highest BCUT2D eigenvalue weighted by Gasteiger charge is 2.18. The number of carbonyl (C=O) groups is 3. The van der Waals surface area contributed by atoms with Gasteiger partial charge in [0, 0.05) is 37.9 Å². The summed E-state index contributed by atoms with van der Waals surface area (Å²) in [6, 6.07) is 14.2. The molecule has 51 heavy (non-hydrogen) atoms. The number of fused-ring (bicyclic) bond motifs is 1. The van der Waals surface area contributed by atoms with Crippen molar-refractivity contribution in [1.29, 1.82) is 0 Å². The number of rotatable bonds is 11. The van der Waals surface area contributed by atoms with E-state index in [0.29, 0.717) is 42.1 Å². The number of imidazole rings is 1. The molecule has 3 aromatic carbocycles. The van der Waals surface area contributed by atoms with Crippen LogP contribution in [0.4, 0.5) is 23.2 Å². The van der Waals surface area contributed by atoms with Gasteiger partial charge in [0.1, 0.15) is 23.0 Å². The predicted octanol–water partition coefficient (Wildman–Crippen LogP) is 5.61. The van der Waals surface area contributed by atoms with Gasteiger partial charge < -0.3 is 20.7 Å². The lowest BCUT2D eigenvalue weighted by molar-refractivity contribution is 0.0374. The van der Waals surface area contributed by atoms with E-state index in [1.807, 2.05) is 0 Å². The van der Waals surface area contributed by atoms with Crippen molar-refractivity contribution in [3.8, 4) is 11.1 Å². The number of pyridine rings is 1. The molecule has 3 N–H and O–H groups in total. The van der Waals surface area contributed by atoms with E-state index in [4.69, 9.17) is 4.74 Å². The summed E-state index contributed by atoms with van der Waals surface area (Å²) in [7, 11) is 0. The number of ether oxygens (including phenoxy) is 1. The molecule has 6 rings (SSSR count). The third-order valence-electron chi connectivity index (χ3n) is 8.25. The van der Waals surface area contributed by atoms with Gasteiger partial charge in [-0.3, -0.25) is 23.7 Å². The number of carbonyl (C=O) groups excluding carboxylic acids is 3. The molecule has 0 spiro atoms. The first kappa shape index (κ1) is 37.0. The van der Waals surface area contributed by atoms with Gasteiger partial charge in [0.2, 0.25) is 0 Å². The van der Waals surface area contributed by atoms with Crippen molar-refractivity contribution in [2.45, 2.75) is 13.0 Å². The van der Waals surface area contributed by atoms with Crippen LogP contribution in [0.25, 0.3) is 16.8 Å². The van der Waals surface area contributed by atoms with Gasteiger partial charge in [-0.2, -0.15) is 0 Å². The number of amides is 3. The van der Waals surface area contributed by atoms with Gasteiger partial charge in [-0.05, 0) is 84.3 Å². The Balaban J connectivity index is 0.00000504. The molecule has 3 amide bonds. The lowest BCUT2D eigenvalue weighted by Crippen LogP contribution is -2.38. The normalized spacial score (nSPS) is 13.0. The third kappa shape index (κ3) is 8.89. The van der Waals surface area contributed by atoms with Gasteiger partial charge in [-0.15, -0.1) is 12.4 Å². The van der Waals surface area contributed by atoms with Crippen molar-refractivity contribution in [1.82, 2.24) is 24.9 Å². The molecule has 5 aromatic rings. The summed E-state index contributed by atoms with van der Waals surface area (Å²) < 4.78 is 63.2. The maximum atomic E-state index is 15.0. The van der Waals surface area contributed by atoms with Crippen LogP contribution in [0.15, 0.2) is 79.1 Å². The summed E-state index contributed by atoms with van der Waals surface area (Å²) in [5, 5.41) is 7.76. The number of anilines is 1. The zero-order chi connectivity index (χ0) is 35.2. The number of benzene rings is 3. The van der Waals surface area contributed by atoms with E-state index in [2.05, 4.69) is 25.8 Å². The summed E-state index contributed by atoms with van der Waals surface area (Å²) >= 11 is 0. The van der Waals surface area contributed by atoms with E-state index in [1.165, 1.54) is 34.9 Å². The van der Waals surface area contributed by atoms with Crippen LogP contribution >= 0.6 is 12.4 Å². The smallest absolute Gasteiger partial charge is 0.274 e. The molecule has 1 fully saturated rings. The van der Waals surface area contributed by atoms with Crippen molar-refractivity contribution in [2.75, 3.05) is 44.7 Å². The van der Waals surface area contributed by atoms with Crippen LogP contribution in [0, 0.1) is 23.3 Å². The molecule has 15 heteroatoms. The number of hydrogen-bond acceptors (Lipinski definition) is 6. The fourth-order valence-electron chi connectivity index (χ4n) is 5.51. The Kier molecular flexibility index (Phi) is 12.0. The van der Waals surface area contributed by atoms with Gasteiger partial charge in [0.05, 0.1) is 30.7 Å². The van der Waals surface area contributed by atoms with E-state index in [0.717, 1.165) is 50.3 Å². The summed E-state index contributed by atoms with van der Waals surface area (Å²) in [6.07, 6.45) is 3.58. The molecule has 1 saturated heterocycles. The predicted molar refractivity (Wildman–Crippen MR) is 184 cm³/mol. The summed E-state index contributed by atoms with van der Waals surface area (Å²) in [6.45, 7) is 4.23. The first-order valence-electron chi connectivity index (χ1n) is 15.8. The number of hydrogen-bond donors (Lipinski definition) is 3. The molecule has 2 aromatic heterocycles. The maximum Gasteiger partial charge on any atom is 0.274 e. The molecule has 0 bridgehead atoms. The Hall–Kier alpha value is -5.31. The minimum absolute atomic E-state index is 0. The van der Waals surface area contributed by atoms with Crippen molar-refractivity contribution in [3.05, 3.63) is 125 Å². The van der Waals surface area contributed by atoms with Crippen molar-refractivity contribution in [3.63, 3.8) is 0 Å². The summed E-state index contributed by atoms with van der Waals surface area (Å²) in [4.78, 5) is 45.0. The van der Waals surface area contributed by atoms with Gasteiger partial charge in [-0.1, -0.05) is 12.1 Å². The van der Waals surface area contributed by atoms with Crippen LogP contribution in [0.1, 0.15) is 43.2 Å². The van der Waals surface area contributed by atoms with Crippen LogP contribution in [0.5, 0.6) is 0 Å². The highest BCUT2D eigenvalue weighted by molar-refractivity contribution is 6.04. The second-order valence-electron chi connectivity index (χ2n) is 11.6.